The summed E-state index contributed by atoms with van der Waals surface area (Å²) in [6, 6.07) is 4.22. The molecule has 1 aromatic heterocycles. The summed E-state index contributed by atoms with van der Waals surface area (Å²) in [7, 11) is 0. The second kappa shape index (κ2) is 4.87. The molecule has 0 saturated heterocycles. The molecule has 6 nitrogen and oxygen atoms in total. The average molecular weight is 266 g/mol. The van der Waals surface area contributed by atoms with Crippen LogP contribution < -0.4 is 10.9 Å². The Morgan fingerprint density at radius 2 is 1.79 bits per heavy atom. The fraction of sp³-hybridized carbons (Fsp3) is 0.462. The lowest BCUT2D eigenvalue weighted by atomic mass is 9.74. The van der Waals surface area contributed by atoms with Crippen molar-refractivity contribution < 1.29 is 14.7 Å². The fourth-order valence-corrected chi connectivity index (χ4v) is 1.35. The third-order valence-electron chi connectivity index (χ3n) is 3.54. The lowest BCUT2D eigenvalue weighted by molar-refractivity contribution is -0.150. The van der Waals surface area contributed by atoms with Crippen molar-refractivity contribution in [3.63, 3.8) is 0 Å². The molecule has 1 aromatic rings. The molecule has 0 radical (unpaired) electrons. The number of carbonyl (C=O) groups excluding carboxylic acids is 1. The zero-order valence-corrected chi connectivity index (χ0v) is 11.4. The molecule has 3 N–H and O–H groups in total. The summed E-state index contributed by atoms with van der Waals surface area (Å²) in [4.78, 5) is 36.8. The number of nitrogens with one attached hydrogen (secondary N) is 2. The van der Waals surface area contributed by atoms with Crippen molar-refractivity contribution in [2.45, 2.75) is 33.2 Å². The molecule has 0 spiro atoms. The molecule has 1 amide bonds. The summed E-state index contributed by atoms with van der Waals surface area (Å²) in [5.74, 6) is -1.53. The van der Waals surface area contributed by atoms with Crippen LogP contribution in [0.2, 0.25) is 0 Å². The Bertz CT molecular complexity index is 558. The molecule has 6 heteroatoms. The topological polar surface area (TPSA) is 99.3 Å². The highest BCUT2D eigenvalue weighted by atomic mass is 16.4. The maximum Gasteiger partial charge on any atom is 0.311 e. The maximum absolute atomic E-state index is 12.0. The van der Waals surface area contributed by atoms with E-state index in [-0.39, 0.29) is 11.3 Å². The van der Waals surface area contributed by atoms with Gasteiger partial charge in [0.2, 0.25) is 5.56 Å². The Labute approximate surface area is 110 Å². The van der Waals surface area contributed by atoms with E-state index >= 15 is 0 Å². The van der Waals surface area contributed by atoms with Crippen LogP contribution in [0.3, 0.4) is 0 Å². The van der Waals surface area contributed by atoms with E-state index in [0.29, 0.717) is 0 Å². The first-order valence-electron chi connectivity index (χ1n) is 5.83. The third kappa shape index (κ3) is 3.01. The number of carboxylic acid groups (broad SMARTS) is 1. The molecule has 0 aliphatic heterocycles. The van der Waals surface area contributed by atoms with Gasteiger partial charge in [-0.05, 0) is 33.8 Å². The van der Waals surface area contributed by atoms with Gasteiger partial charge in [0.25, 0.3) is 5.91 Å². The molecule has 19 heavy (non-hydrogen) atoms. The number of carbonyl (C=O) groups is 2. The van der Waals surface area contributed by atoms with E-state index in [1.807, 2.05) is 0 Å². The molecule has 1 heterocycles. The summed E-state index contributed by atoms with van der Waals surface area (Å²) in [6.07, 6.45) is 0. The van der Waals surface area contributed by atoms with Gasteiger partial charge in [-0.3, -0.25) is 14.4 Å². The van der Waals surface area contributed by atoms with Crippen LogP contribution in [0, 0.1) is 5.41 Å². The van der Waals surface area contributed by atoms with Gasteiger partial charge in [0.15, 0.2) is 0 Å². The van der Waals surface area contributed by atoms with Crippen molar-refractivity contribution in [1.82, 2.24) is 10.3 Å². The van der Waals surface area contributed by atoms with Crippen molar-refractivity contribution in [3.8, 4) is 0 Å². The summed E-state index contributed by atoms with van der Waals surface area (Å²) < 4.78 is 0. The Morgan fingerprint density at radius 3 is 2.26 bits per heavy atom. The Kier molecular flexibility index (Phi) is 3.83. The average Bonchev–Trinajstić information content (AvgIpc) is 2.27. The van der Waals surface area contributed by atoms with Crippen LogP contribution in [0.1, 0.15) is 38.2 Å². The first-order valence-corrected chi connectivity index (χ1v) is 5.83. The standard InChI is InChI=1S/C13H18N2O4/c1-12(2,11(18)19)13(3,4)15-10(17)8-6-5-7-9(16)14-8/h5-7H,1-4H3,(H,14,16)(H,15,17)(H,18,19). The molecular formula is C13H18N2O4. The molecule has 0 fully saturated rings. The van der Waals surface area contributed by atoms with E-state index in [1.165, 1.54) is 32.0 Å². The van der Waals surface area contributed by atoms with Gasteiger partial charge in [-0.25, -0.2) is 0 Å². The molecule has 0 unspecified atom stereocenters. The quantitative estimate of drug-likeness (QED) is 0.756. The number of aliphatic carboxylic acids is 1. The van der Waals surface area contributed by atoms with Gasteiger partial charge in [-0.2, -0.15) is 0 Å². The molecular weight excluding hydrogens is 248 g/mol. The number of pyridine rings is 1. The summed E-state index contributed by atoms with van der Waals surface area (Å²) >= 11 is 0. The fourth-order valence-electron chi connectivity index (χ4n) is 1.35. The lowest BCUT2D eigenvalue weighted by Gasteiger charge is -2.38. The third-order valence-corrected chi connectivity index (χ3v) is 3.54. The Balaban J connectivity index is 2.99. The number of carboxylic acids is 1. The van der Waals surface area contributed by atoms with Gasteiger partial charge in [0.1, 0.15) is 5.69 Å². The number of H-pyrrole nitrogens is 1. The minimum absolute atomic E-state index is 0.0989. The minimum atomic E-state index is -1.16. The molecule has 0 aromatic carbocycles. The zero-order chi connectivity index (χ0) is 14.8. The molecule has 104 valence electrons. The van der Waals surface area contributed by atoms with Crippen molar-refractivity contribution in [2.24, 2.45) is 5.41 Å². The van der Waals surface area contributed by atoms with Crippen LogP contribution in [0.4, 0.5) is 0 Å². The molecule has 0 aliphatic carbocycles. The second-order valence-electron chi connectivity index (χ2n) is 5.44. The van der Waals surface area contributed by atoms with E-state index in [0.717, 1.165) is 0 Å². The van der Waals surface area contributed by atoms with E-state index in [9.17, 15) is 19.5 Å². The number of hydrogen-bond donors (Lipinski definition) is 3. The predicted molar refractivity (Wildman–Crippen MR) is 70.0 cm³/mol. The van der Waals surface area contributed by atoms with Crippen molar-refractivity contribution in [3.05, 3.63) is 34.2 Å². The lowest BCUT2D eigenvalue weighted by Crippen LogP contribution is -2.57. The highest BCUT2D eigenvalue weighted by Gasteiger charge is 2.44. The summed E-state index contributed by atoms with van der Waals surface area (Å²) in [5, 5.41) is 11.8. The monoisotopic (exact) mass is 266 g/mol. The number of aromatic amines is 1. The maximum atomic E-state index is 12.0. The Hall–Kier alpha value is -2.11. The zero-order valence-electron chi connectivity index (χ0n) is 11.4. The van der Waals surface area contributed by atoms with Gasteiger partial charge >= 0.3 is 5.97 Å². The van der Waals surface area contributed by atoms with E-state index in [4.69, 9.17) is 0 Å². The van der Waals surface area contributed by atoms with Crippen LogP contribution in [0.25, 0.3) is 0 Å². The smallest absolute Gasteiger partial charge is 0.311 e. The van der Waals surface area contributed by atoms with Crippen LogP contribution in [-0.2, 0) is 4.79 Å². The molecule has 0 saturated carbocycles. The van der Waals surface area contributed by atoms with E-state index < -0.39 is 22.8 Å². The van der Waals surface area contributed by atoms with Crippen LogP contribution in [0.15, 0.2) is 23.0 Å². The van der Waals surface area contributed by atoms with Gasteiger partial charge in [-0.15, -0.1) is 0 Å². The highest BCUT2D eigenvalue weighted by molar-refractivity contribution is 5.93. The number of amides is 1. The number of rotatable bonds is 4. The van der Waals surface area contributed by atoms with Crippen molar-refractivity contribution >= 4 is 11.9 Å². The van der Waals surface area contributed by atoms with Crippen molar-refractivity contribution in [2.75, 3.05) is 0 Å². The molecule has 0 bridgehead atoms. The van der Waals surface area contributed by atoms with Gasteiger partial charge in [0, 0.05) is 6.07 Å². The van der Waals surface area contributed by atoms with Crippen LogP contribution >= 0.6 is 0 Å². The van der Waals surface area contributed by atoms with Gasteiger partial charge in [0.05, 0.1) is 11.0 Å². The second-order valence-corrected chi connectivity index (χ2v) is 5.44. The first kappa shape index (κ1) is 14.9. The molecule has 1 rings (SSSR count). The molecule has 0 atom stereocenters. The number of aromatic nitrogens is 1. The normalized spacial score (nSPS) is 12.0. The van der Waals surface area contributed by atoms with E-state index in [2.05, 4.69) is 10.3 Å². The van der Waals surface area contributed by atoms with Gasteiger partial charge < -0.3 is 15.4 Å². The van der Waals surface area contributed by atoms with E-state index in [1.54, 1.807) is 13.8 Å². The van der Waals surface area contributed by atoms with Crippen LogP contribution in [0.5, 0.6) is 0 Å². The summed E-state index contributed by atoms with van der Waals surface area (Å²) in [6.45, 7) is 6.31. The van der Waals surface area contributed by atoms with Gasteiger partial charge in [-0.1, -0.05) is 6.07 Å². The highest BCUT2D eigenvalue weighted by Crippen LogP contribution is 2.30. The SMILES string of the molecule is CC(C)(NC(=O)c1cccc(=O)[nH]1)C(C)(C)C(=O)O. The first-order chi connectivity index (χ1) is 8.58. The largest absolute Gasteiger partial charge is 0.481 e. The number of hydrogen-bond acceptors (Lipinski definition) is 3. The van der Waals surface area contributed by atoms with Crippen molar-refractivity contribution in [1.29, 1.82) is 0 Å². The minimum Gasteiger partial charge on any atom is -0.481 e. The predicted octanol–water partition coefficient (Wildman–Crippen LogP) is 0.994. The Morgan fingerprint density at radius 1 is 1.21 bits per heavy atom. The molecule has 0 aliphatic rings. The summed E-state index contributed by atoms with van der Waals surface area (Å²) in [5.41, 5.74) is -2.43. The van der Waals surface area contributed by atoms with Crippen LogP contribution in [-0.4, -0.2) is 27.5 Å².